The highest BCUT2D eigenvalue weighted by Gasteiger charge is 2.33. The fourth-order valence-corrected chi connectivity index (χ4v) is 3.61. The van der Waals surface area contributed by atoms with Crippen LogP contribution in [0, 0.1) is 5.92 Å². The zero-order valence-corrected chi connectivity index (χ0v) is 14.1. The molecule has 1 saturated carbocycles. The van der Waals surface area contributed by atoms with E-state index >= 15 is 0 Å². The number of fused-ring (bicyclic) bond motifs is 1. The summed E-state index contributed by atoms with van der Waals surface area (Å²) in [5, 5.41) is 17.9. The van der Waals surface area contributed by atoms with E-state index in [-0.39, 0.29) is 6.04 Å². The third kappa shape index (κ3) is 3.28. The zero-order valence-electron chi connectivity index (χ0n) is 14.1. The Kier molecular flexibility index (Phi) is 4.23. The van der Waals surface area contributed by atoms with Crippen molar-refractivity contribution in [2.24, 2.45) is 5.92 Å². The van der Waals surface area contributed by atoms with Crippen molar-refractivity contribution in [1.29, 1.82) is 0 Å². The second-order valence-electron chi connectivity index (χ2n) is 6.58. The maximum atomic E-state index is 10.4. The molecular formula is C18H22N6O. The average molecular weight is 338 g/mol. The minimum atomic E-state index is -0.401. The molecule has 25 heavy (non-hydrogen) atoms. The molecule has 0 spiro atoms. The Balaban J connectivity index is 1.51. The van der Waals surface area contributed by atoms with Gasteiger partial charge in [-0.25, -0.2) is 9.97 Å². The van der Waals surface area contributed by atoms with Crippen LogP contribution in [0.4, 0.5) is 11.8 Å². The number of nitrogens with one attached hydrogen (secondary N) is 2. The monoisotopic (exact) mass is 338 g/mol. The van der Waals surface area contributed by atoms with Gasteiger partial charge in [-0.1, -0.05) is 12.1 Å². The van der Waals surface area contributed by atoms with Crippen LogP contribution in [-0.2, 0) is 6.54 Å². The first kappa shape index (κ1) is 15.8. The summed E-state index contributed by atoms with van der Waals surface area (Å²) < 4.78 is 2.06. The lowest BCUT2D eigenvalue weighted by Crippen LogP contribution is -2.29. The second kappa shape index (κ2) is 6.68. The first-order valence-corrected chi connectivity index (χ1v) is 8.58. The molecule has 1 unspecified atom stereocenters. The van der Waals surface area contributed by atoms with Crippen LogP contribution in [0.15, 0.2) is 43.0 Å². The van der Waals surface area contributed by atoms with Crippen LogP contribution < -0.4 is 10.6 Å². The predicted octanol–water partition coefficient (Wildman–Crippen LogP) is 2.12. The van der Waals surface area contributed by atoms with E-state index in [1.54, 1.807) is 6.20 Å². The SMILES string of the molecule is CNc1nc(N[C@@H]2CC(Cn3ccnc3)C[C@H]2O)nc2ccccc12. The molecule has 0 aliphatic heterocycles. The number of rotatable bonds is 5. The molecular weight excluding hydrogens is 316 g/mol. The smallest absolute Gasteiger partial charge is 0.225 e. The van der Waals surface area contributed by atoms with E-state index in [0.717, 1.165) is 36.1 Å². The Bertz CT molecular complexity index is 850. The summed E-state index contributed by atoms with van der Waals surface area (Å²) in [7, 11) is 1.85. The summed E-state index contributed by atoms with van der Waals surface area (Å²) in [4.78, 5) is 13.2. The number of aliphatic hydroxyl groups is 1. The third-order valence-corrected chi connectivity index (χ3v) is 4.81. The van der Waals surface area contributed by atoms with Crippen LogP contribution in [0.3, 0.4) is 0 Å². The van der Waals surface area contributed by atoms with E-state index in [4.69, 9.17) is 0 Å². The quantitative estimate of drug-likeness (QED) is 0.660. The van der Waals surface area contributed by atoms with Gasteiger partial charge in [0.25, 0.3) is 0 Å². The fraction of sp³-hybridized carbons (Fsp3) is 0.389. The molecule has 1 aromatic carbocycles. The van der Waals surface area contributed by atoms with Gasteiger partial charge in [0.15, 0.2) is 0 Å². The molecule has 2 heterocycles. The summed E-state index contributed by atoms with van der Waals surface area (Å²) in [6.45, 7) is 0.871. The van der Waals surface area contributed by atoms with Crippen molar-refractivity contribution in [2.75, 3.05) is 17.7 Å². The summed E-state index contributed by atoms with van der Waals surface area (Å²) in [6.07, 6.45) is 6.80. The summed E-state index contributed by atoms with van der Waals surface area (Å²) in [5.41, 5.74) is 0.881. The zero-order chi connectivity index (χ0) is 17.2. The van der Waals surface area contributed by atoms with Gasteiger partial charge in [-0.05, 0) is 30.9 Å². The average Bonchev–Trinajstić information content (AvgIpc) is 3.24. The first-order valence-electron chi connectivity index (χ1n) is 8.58. The van der Waals surface area contributed by atoms with Gasteiger partial charge in [0.1, 0.15) is 5.82 Å². The predicted molar refractivity (Wildman–Crippen MR) is 97.5 cm³/mol. The maximum absolute atomic E-state index is 10.4. The van der Waals surface area contributed by atoms with Gasteiger partial charge in [-0.2, -0.15) is 4.98 Å². The molecule has 0 radical (unpaired) electrons. The maximum Gasteiger partial charge on any atom is 0.225 e. The van der Waals surface area contributed by atoms with Crippen molar-refractivity contribution in [1.82, 2.24) is 19.5 Å². The lowest BCUT2D eigenvalue weighted by atomic mass is 10.1. The van der Waals surface area contributed by atoms with Crippen molar-refractivity contribution >= 4 is 22.7 Å². The first-order chi connectivity index (χ1) is 12.2. The highest BCUT2D eigenvalue weighted by molar-refractivity contribution is 5.89. The highest BCUT2D eigenvalue weighted by atomic mass is 16.3. The summed E-state index contributed by atoms with van der Waals surface area (Å²) >= 11 is 0. The Labute approximate surface area is 146 Å². The van der Waals surface area contributed by atoms with Gasteiger partial charge in [0.2, 0.25) is 5.95 Å². The van der Waals surface area contributed by atoms with Gasteiger partial charge in [-0.15, -0.1) is 0 Å². The highest BCUT2D eigenvalue weighted by Crippen LogP contribution is 2.30. The molecule has 2 aromatic heterocycles. The molecule has 3 N–H and O–H groups in total. The molecule has 1 aliphatic rings. The molecule has 0 amide bonds. The van der Waals surface area contributed by atoms with Crippen molar-refractivity contribution in [3.8, 4) is 0 Å². The fourth-order valence-electron chi connectivity index (χ4n) is 3.61. The van der Waals surface area contributed by atoms with Crippen LogP contribution in [0.1, 0.15) is 12.8 Å². The molecule has 3 atom stereocenters. The van der Waals surface area contributed by atoms with E-state index in [1.807, 2.05) is 43.8 Å². The Morgan fingerprint density at radius 3 is 2.92 bits per heavy atom. The van der Waals surface area contributed by atoms with Gasteiger partial charge < -0.3 is 20.3 Å². The van der Waals surface area contributed by atoms with Crippen molar-refractivity contribution < 1.29 is 5.11 Å². The standard InChI is InChI=1S/C18H22N6O/c1-19-17-13-4-2-3-5-14(13)21-18(23-17)22-15-8-12(9-16(15)25)10-24-7-6-20-11-24/h2-7,11-12,15-16,25H,8-10H2,1H3,(H2,19,21,22,23)/t12?,15-,16-/m1/s1. The topological polar surface area (TPSA) is 87.9 Å². The molecule has 130 valence electrons. The van der Waals surface area contributed by atoms with Crippen LogP contribution in [0.5, 0.6) is 0 Å². The Morgan fingerprint density at radius 2 is 2.12 bits per heavy atom. The van der Waals surface area contributed by atoms with Gasteiger partial charge >= 0.3 is 0 Å². The molecule has 7 heteroatoms. The molecule has 7 nitrogen and oxygen atoms in total. The number of imidazole rings is 1. The third-order valence-electron chi connectivity index (χ3n) is 4.81. The minimum absolute atomic E-state index is 0.0422. The number of hydrogen-bond acceptors (Lipinski definition) is 6. The normalized spacial score (nSPS) is 23.0. The number of nitrogens with zero attached hydrogens (tertiary/aromatic N) is 4. The van der Waals surface area contributed by atoms with E-state index in [1.165, 1.54) is 0 Å². The number of hydrogen-bond donors (Lipinski definition) is 3. The molecule has 3 aromatic rings. The summed E-state index contributed by atoms with van der Waals surface area (Å²) in [6, 6.07) is 7.86. The number of benzene rings is 1. The van der Waals surface area contributed by atoms with E-state index in [0.29, 0.717) is 11.9 Å². The molecule has 1 fully saturated rings. The number of para-hydroxylation sites is 1. The van der Waals surface area contributed by atoms with Crippen LogP contribution in [0.25, 0.3) is 10.9 Å². The van der Waals surface area contributed by atoms with Gasteiger partial charge in [0, 0.05) is 31.4 Å². The lowest BCUT2D eigenvalue weighted by Gasteiger charge is -2.17. The van der Waals surface area contributed by atoms with Crippen molar-refractivity contribution in [3.63, 3.8) is 0 Å². The molecule has 4 rings (SSSR count). The van der Waals surface area contributed by atoms with Crippen LogP contribution >= 0.6 is 0 Å². The number of aromatic nitrogens is 4. The van der Waals surface area contributed by atoms with Crippen LogP contribution in [0.2, 0.25) is 0 Å². The van der Waals surface area contributed by atoms with Crippen molar-refractivity contribution in [2.45, 2.75) is 31.5 Å². The van der Waals surface area contributed by atoms with Gasteiger partial charge in [0.05, 0.1) is 24.0 Å². The Morgan fingerprint density at radius 1 is 1.24 bits per heavy atom. The lowest BCUT2D eigenvalue weighted by molar-refractivity contribution is 0.166. The van der Waals surface area contributed by atoms with Crippen LogP contribution in [-0.4, -0.2) is 43.8 Å². The van der Waals surface area contributed by atoms with Gasteiger partial charge in [-0.3, -0.25) is 0 Å². The minimum Gasteiger partial charge on any atom is -0.391 e. The molecule has 1 aliphatic carbocycles. The number of anilines is 2. The largest absolute Gasteiger partial charge is 0.391 e. The molecule has 0 saturated heterocycles. The molecule has 0 bridgehead atoms. The second-order valence-corrected chi connectivity index (χ2v) is 6.58. The van der Waals surface area contributed by atoms with E-state index in [9.17, 15) is 5.11 Å². The van der Waals surface area contributed by atoms with E-state index in [2.05, 4.69) is 30.2 Å². The Hall–Kier alpha value is -2.67. The summed E-state index contributed by atoms with van der Waals surface area (Å²) in [5.74, 6) is 1.75. The van der Waals surface area contributed by atoms with Crippen molar-refractivity contribution in [3.05, 3.63) is 43.0 Å². The van der Waals surface area contributed by atoms with E-state index < -0.39 is 6.10 Å². The number of aliphatic hydroxyl groups excluding tert-OH is 1.